The Morgan fingerprint density at radius 1 is 0.580 bits per heavy atom. The Kier molecular flexibility index (Phi) is 7.44. The van der Waals surface area contributed by atoms with Gasteiger partial charge in [-0.15, -0.1) is 0 Å². The van der Waals surface area contributed by atoms with Crippen LogP contribution in [-0.2, 0) is 10.8 Å². The Morgan fingerprint density at radius 3 is 1.96 bits per heavy atom. The van der Waals surface area contributed by atoms with Crippen molar-refractivity contribution in [2.75, 3.05) is 16.5 Å². The predicted molar refractivity (Wildman–Crippen MR) is 204 cm³/mol. The summed E-state index contributed by atoms with van der Waals surface area (Å²) in [7, 11) is 0. The van der Waals surface area contributed by atoms with E-state index in [1.807, 2.05) is 24.4 Å². The van der Waals surface area contributed by atoms with Gasteiger partial charge >= 0.3 is 0 Å². The Labute approximate surface area is 293 Å². The van der Waals surface area contributed by atoms with E-state index in [-0.39, 0.29) is 16.6 Å². The maximum atomic E-state index is 13.9. The third-order valence-corrected chi connectivity index (χ3v) is 9.68. The molecule has 0 unspecified atom stereocenters. The average Bonchev–Trinajstić information content (AvgIpc) is 3.64. The van der Waals surface area contributed by atoms with Crippen LogP contribution in [0.2, 0.25) is 0 Å². The van der Waals surface area contributed by atoms with Gasteiger partial charge in [-0.25, -0.2) is 9.37 Å². The van der Waals surface area contributed by atoms with E-state index in [1.165, 1.54) is 28.6 Å². The number of ether oxygens (including phenoxy) is 1. The molecule has 7 aromatic rings. The first-order valence-corrected chi connectivity index (χ1v) is 17.2. The van der Waals surface area contributed by atoms with Crippen LogP contribution in [0.25, 0.3) is 27.6 Å². The zero-order chi connectivity index (χ0) is 34.8. The minimum atomic E-state index is -0.244. The lowest BCUT2D eigenvalue weighted by molar-refractivity contribution is 0.479. The lowest BCUT2D eigenvalue weighted by atomic mass is 9.86. The number of rotatable bonds is 5. The fourth-order valence-corrected chi connectivity index (χ4v) is 6.91. The highest BCUT2D eigenvalue weighted by molar-refractivity contribution is 6.09. The molecule has 0 saturated heterocycles. The van der Waals surface area contributed by atoms with Crippen LogP contribution in [-0.4, -0.2) is 16.2 Å². The summed E-state index contributed by atoms with van der Waals surface area (Å²) in [6.45, 7) is 13.9. The van der Waals surface area contributed by atoms with Gasteiger partial charge < -0.3 is 14.5 Å². The van der Waals surface area contributed by atoms with Gasteiger partial charge in [-0.2, -0.15) is 0 Å². The number of halogens is 1. The van der Waals surface area contributed by atoms with Crippen molar-refractivity contribution in [3.63, 3.8) is 0 Å². The number of hydrogen-bond donors (Lipinski definition) is 0. The van der Waals surface area contributed by atoms with Crippen LogP contribution in [0.3, 0.4) is 0 Å². The maximum Gasteiger partial charge on any atom is 0.137 e. The smallest absolute Gasteiger partial charge is 0.137 e. The summed E-state index contributed by atoms with van der Waals surface area (Å²) in [4.78, 5) is 9.37. The number of fused-ring (bicyclic) bond motifs is 4. The van der Waals surface area contributed by atoms with Gasteiger partial charge in [0.1, 0.15) is 29.8 Å². The van der Waals surface area contributed by atoms with Crippen LogP contribution >= 0.6 is 0 Å². The highest BCUT2D eigenvalue weighted by Crippen LogP contribution is 2.46. The second kappa shape index (κ2) is 11.8. The second-order valence-electron chi connectivity index (χ2n) is 15.2. The molecule has 0 atom stereocenters. The molecule has 2 aromatic heterocycles. The van der Waals surface area contributed by atoms with Crippen molar-refractivity contribution in [2.45, 2.75) is 52.4 Å². The van der Waals surface area contributed by atoms with Crippen molar-refractivity contribution >= 4 is 44.6 Å². The van der Waals surface area contributed by atoms with E-state index in [9.17, 15) is 4.39 Å². The van der Waals surface area contributed by atoms with E-state index in [0.29, 0.717) is 6.67 Å². The summed E-state index contributed by atoms with van der Waals surface area (Å²) in [5, 5.41) is 2.32. The van der Waals surface area contributed by atoms with E-state index < -0.39 is 0 Å². The predicted octanol–water partition coefficient (Wildman–Crippen LogP) is 12.0. The van der Waals surface area contributed by atoms with Crippen molar-refractivity contribution in [3.8, 4) is 17.3 Å². The molecule has 6 heteroatoms. The van der Waals surface area contributed by atoms with E-state index in [1.54, 1.807) is 0 Å². The quantitative estimate of drug-likeness (QED) is 0.184. The first-order valence-electron chi connectivity index (χ1n) is 17.2. The molecule has 5 nitrogen and oxygen atoms in total. The topological polar surface area (TPSA) is 33.5 Å². The first-order chi connectivity index (χ1) is 23.9. The number of pyridine rings is 1. The van der Waals surface area contributed by atoms with Gasteiger partial charge in [-0.1, -0.05) is 71.9 Å². The highest BCUT2D eigenvalue weighted by atomic mass is 19.1. The van der Waals surface area contributed by atoms with Crippen LogP contribution in [0.1, 0.15) is 52.7 Å². The monoisotopic (exact) mass is 660 g/mol. The number of aromatic nitrogens is 2. The summed E-state index contributed by atoms with van der Waals surface area (Å²) >= 11 is 0. The molecular formula is C44H41FN4O. The molecular weight excluding hydrogens is 620 g/mol. The van der Waals surface area contributed by atoms with Gasteiger partial charge in [0.25, 0.3) is 0 Å². The number of hydrogen-bond acceptors (Lipinski definition) is 4. The summed E-state index contributed by atoms with van der Waals surface area (Å²) in [6, 6.07) is 40.7. The van der Waals surface area contributed by atoms with E-state index in [4.69, 9.17) is 9.72 Å². The van der Waals surface area contributed by atoms with Crippen molar-refractivity contribution in [1.82, 2.24) is 9.55 Å². The van der Waals surface area contributed by atoms with E-state index in [0.717, 1.165) is 56.5 Å². The van der Waals surface area contributed by atoms with Gasteiger partial charge in [-0.05, 0) is 101 Å². The molecule has 1 aliphatic heterocycles. The largest absolute Gasteiger partial charge is 0.457 e. The molecule has 250 valence electrons. The fraction of sp³-hybridized carbons (Fsp3) is 0.205. The summed E-state index contributed by atoms with van der Waals surface area (Å²) in [6.07, 6.45) is 1.91. The van der Waals surface area contributed by atoms with Gasteiger partial charge in [-0.3, -0.25) is 4.57 Å². The molecule has 0 fully saturated rings. The molecule has 0 saturated carbocycles. The molecule has 5 aromatic carbocycles. The van der Waals surface area contributed by atoms with Crippen molar-refractivity contribution in [2.24, 2.45) is 0 Å². The van der Waals surface area contributed by atoms with Crippen molar-refractivity contribution in [1.29, 1.82) is 0 Å². The normalized spacial score (nSPS) is 13.3. The maximum absolute atomic E-state index is 13.9. The molecule has 0 N–H and O–H groups in total. The molecule has 50 heavy (non-hydrogen) atoms. The zero-order valence-corrected chi connectivity index (χ0v) is 29.4. The molecule has 0 spiro atoms. The number of anilines is 4. The molecule has 0 bridgehead atoms. The third kappa shape index (κ3) is 5.65. The summed E-state index contributed by atoms with van der Waals surface area (Å²) in [5.74, 6) is 2.16. The lowest BCUT2D eigenvalue weighted by Gasteiger charge is -2.26. The van der Waals surface area contributed by atoms with Crippen LogP contribution < -0.4 is 14.5 Å². The van der Waals surface area contributed by atoms with Crippen molar-refractivity contribution < 1.29 is 9.13 Å². The lowest BCUT2D eigenvalue weighted by Crippen LogP contribution is -2.24. The third-order valence-electron chi connectivity index (χ3n) is 9.68. The van der Waals surface area contributed by atoms with Crippen LogP contribution in [0, 0.1) is 5.82 Å². The first kappa shape index (κ1) is 31.6. The standard InChI is InChI=1S/C44H41FN4O/c1-43(2,3)29-21-22-46-42(25-29)49-38-12-8-7-11-36(38)37-20-19-34(27-41(37)49)50-35-24-30(44(4,5)6)23-33(26-35)48-28-47(32-17-15-31(45)16-18-32)39-13-9-10-14-40(39)48/h7-27H,28H2,1-6H3. The van der Waals surface area contributed by atoms with Crippen LogP contribution in [0.5, 0.6) is 11.5 Å². The summed E-state index contributed by atoms with van der Waals surface area (Å²) < 4.78 is 22.9. The number of benzene rings is 5. The fourth-order valence-electron chi connectivity index (χ4n) is 6.91. The van der Waals surface area contributed by atoms with Crippen LogP contribution in [0.15, 0.2) is 128 Å². The molecule has 3 heterocycles. The summed E-state index contributed by atoms with van der Waals surface area (Å²) in [5.41, 5.74) is 8.55. The minimum Gasteiger partial charge on any atom is -0.457 e. The Morgan fingerprint density at radius 2 is 1.24 bits per heavy atom. The molecule has 8 rings (SSSR count). The zero-order valence-electron chi connectivity index (χ0n) is 29.4. The molecule has 0 radical (unpaired) electrons. The van der Waals surface area contributed by atoms with E-state index >= 15 is 0 Å². The Balaban J connectivity index is 1.22. The van der Waals surface area contributed by atoms with Gasteiger partial charge in [0.05, 0.1) is 22.4 Å². The van der Waals surface area contributed by atoms with Gasteiger partial charge in [0, 0.05) is 40.5 Å². The number of para-hydroxylation sites is 3. The van der Waals surface area contributed by atoms with Crippen molar-refractivity contribution in [3.05, 3.63) is 144 Å². The van der Waals surface area contributed by atoms with Crippen LogP contribution in [0.4, 0.5) is 27.1 Å². The Bertz CT molecular complexity index is 2380. The van der Waals surface area contributed by atoms with E-state index in [2.05, 4.69) is 147 Å². The van der Waals surface area contributed by atoms with Gasteiger partial charge in [0.15, 0.2) is 0 Å². The second-order valence-corrected chi connectivity index (χ2v) is 15.2. The van der Waals surface area contributed by atoms with Gasteiger partial charge in [0.2, 0.25) is 0 Å². The Hall–Kier alpha value is -5.62. The average molecular weight is 661 g/mol. The molecule has 0 amide bonds. The number of nitrogens with zero attached hydrogens (tertiary/aromatic N) is 4. The molecule has 1 aliphatic rings. The molecule has 0 aliphatic carbocycles. The SMILES string of the molecule is CC(C)(C)c1cc(Oc2ccc3c4ccccc4n(-c4cc(C(C)(C)C)ccn4)c3c2)cc(N2CN(c3ccc(F)cc3)c3ccccc32)c1. The minimum absolute atomic E-state index is 0.00754. The highest BCUT2D eigenvalue weighted by Gasteiger charge is 2.29.